The molecule has 1 aromatic rings. The highest BCUT2D eigenvalue weighted by molar-refractivity contribution is 5.73. The Hall–Kier alpha value is -1.84. The second-order valence-electron chi connectivity index (χ2n) is 4.71. The predicted molar refractivity (Wildman–Crippen MR) is 68.4 cm³/mol. The van der Waals surface area contributed by atoms with E-state index in [2.05, 4.69) is 20.6 Å². The molecule has 9 nitrogen and oxygen atoms in total. The maximum absolute atomic E-state index is 10.2. The lowest BCUT2D eigenvalue weighted by atomic mass is 10.1. The highest BCUT2D eigenvalue weighted by Crippen LogP contribution is 2.37. The Labute approximate surface area is 114 Å². The average molecular weight is 283 g/mol. The third-order valence-corrected chi connectivity index (χ3v) is 3.48. The lowest BCUT2D eigenvalue weighted by Gasteiger charge is -2.17. The first kappa shape index (κ1) is 14.6. The van der Waals surface area contributed by atoms with E-state index in [4.69, 9.17) is 0 Å². The van der Waals surface area contributed by atoms with Crippen molar-refractivity contribution in [2.24, 2.45) is 10.9 Å². The molecule has 1 amide bonds. The van der Waals surface area contributed by atoms with Gasteiger partial charge in [0.25, 0.3) is 0 Å². The van der Waals surface area contributed by atoms with E-state index in [-0.39, 0.29) is 6.61 Å². The molecule has 2 rings (SSSR count). The minimum atomic E-state index is -1.05. The molecule has 0 spiro atoms. The van der Waals surface area contributed by atoms with Crippen LogP contribution in [-0.4, -0.2) is 61.9 Å². The van der Waals surface area contributed by atoms with Gasteiger partial charge in [0.05, 0.1) is 18.5 Å². The molecule has 0 radical (unpaired) electrons. The van der Waals surface area contributed by atoms with Crippen LogP contribution in [0, 0.1) is 12.8 Å². The number of carbonyl (C=O) groups is 1. The zero-order valence-corrected chi connectivity index (χ0v) is 10.9. The molecule has 110 valence electrons. The number of hydrogen-bond donors (Lipinski definition) is 4. The summed E-state index contributed by atoms with van der Waals surface area (Å²) in [6.45, 7) is 1.48. The molecule has 0 saturated heterocycles. The number of aliphatic hydroxyl groups excluding tert-OH is 3. The molecule has 1 fully saturated rings. The molecule has 1 aliphatic carbocycles. The first-order valence-electron chi connectivity index (χ1n) is 6.21. The predicted octanol–water partition coefficient (Wildman–Crippen LogP) is -1.73. The molecule has 4 N–H and O–H groups in total. The van der Waals surface area contributed by atoms with Crippen molar-refractivity contribution >= 4 is 18.6 Å². The lowest BCUT2D eigenvalue weighted by Crippen LogP contribution is -2.30. The van der Waals surface area contributed by atoms with E-state index in [1.54, 1.807) is 6.92 Å². The number of nitrogens with one attached hydrogen (secondary N) is 1. The molecular formula is C11H17N5O4. The fraction of sp³-hybridized carbons (Fsp3) is 0.636. The maximum atomic E-state index is 10.2. The van der Waals surface area contributed by atoms with Gasteiger partial charge >= 0.3 is 0 Å². The van der Waals surface area contributed by atoms with Gasteiger partial charge in [0.1, 0.15) is 11.8 Å². The first-order valence-corrected chi connectivity index (χ1v) is 6.21. The van der Waals surface area contributed by atoms with E-state index >= 15 is 0 Å². The smallest absolute Gasteiger partial charge is 0.212 e. The summed E-state index contributed by atoms with van der Waals surface area (Å²) < 4.78 is 1.40. The molecule has 0 aromatic carbocycles. The van der Waals surface area contributed by atoms with Crippen LogP contribution in [0.5, 0.6) is 0 Å². The molecule has 1 aliphatic rings. The summed E-state index contributed by atoms with van der Waals surface area (Å²) in [4.78, 5) is 14.2. The average Bonchev–Trinajstić information content (AvgIpc) is 2.93. The Morgan fingerprint density at radius 2 is 2.25 bits per heavy atom. The number of aliphatic hydroxyl groups is 3. The Morgan fingerprint density at radius 1 is 1.50 bits per heavy atom. The molecule has 0 bridgehead atoms. The standard InChI is InChI=1S/C11H17N5O4/c1-6-11(13-4-12-5-18)16(15-14-6)8-2-7(3-17)9(19)10(8)20/h4-5,7-10,17,19-20H,2-3H2,1H3,(H,12,13,18)/t7?,8?,9-,10+/m1/s1. The molecule has 9 heteroatoms. The van der Waals surface area contributed by atoms with Crippen LogP contribution in [0.4, 0.5) is 5.82 Å². The Morgan fingerprint density at radius 3 is 2.85 bits per heavy atom. The maximum Gasteiger partial charge on any atom is 0.212 e. The fourth-order valence-electron chi connectivity index (χ4n) is 2.40. The van der Waals surface area contributed by atoms with Crippen molar-refractivity contribution in [3.8, 4) is 0 Å². The van der Waals surface area contributed by atoms with Gasteiger partial charge in [0.2, 0.25) is 6.41 Å². The van der Waals surface area contributed by atoms with E-state index in [9.17, 15) is 20.1 Å². The second-order valence-corrected chi connectivity index (χ2v) is 4.71. The summed E-state index contributed by atoms with van der Waals surface area (Å²) in [5.41, 5.74) is 0.531. The van der Waals surface area contributed by atoms with Crippen molar-refractivity contribution in [1.82, 2.24) is 20.3 Å². The van der Waals surface area contributed by atoms with E-state index in [1.165, 1.54) is 11.0 Å². The number of rotatable bonds is 5. The van der Waals surface area contributed by atoms with Gasteiger partial charge in [-0.15, -0.1) is 5.10 Å². The largest absolute Gasteiger partial charge is 0.396 e. The number of hydrogen-bond acceptors (Lipinski definition) is 7. The van der Waals surface area contributed by atoms with Gasteiger partial charge < -0.3 is 20.6 Å². The zero-order valence-electron chi connectivity index (χ0n) is 10.9. The van der Waals surface area contributed by atoms with Gasteiger partial charge in [0.15, 0.2) is 5.82 Å². The summed E-state index contributed by atoms with van der Waals surface area (Å²) >= 11 is 0. The number of aromatic nitrogens is 3. The molecule has 2 unspecified atom stereocenters. The van der Waals surface area contributed by atoms with Gasteiger partial charge in [-0.1, -0.05) is 5.21 Å². The molecule has 1 aromatic heterocycles. The van der Waals surface area contributed by atoms with Crippen molar-refractivity contribution in [2.75, 3.05) is 6.61 Å². The highest BCUT2D eigenvalue weighted by atomic mass is 16.3. The summed E-state index contributed by atoms with van der Waals surface area (Å²) in [5.74, 6) is -0.0291. The van der Waals surface area contributed by atoms with Crippen LogP contribution in [-0.2, 0) is 4.79 Å². The van der Waals surface area contributed by atoms with E-state index in [1.807, 2.05) is 0 Å². The summed E-state index contributed by atoms with van der Waals surface area (Å²) in [7, 11) is 0. The molecule has 1 saturated carbocycles. The second kappa shape index (κ2) is 6.07. The van der Waals surface area contributed by atoms with Crippen LogP contribution in [0.15, 0.2) is 4.99 Å². The SMILES string of the molecule is Cc1nnn(C2CC(CO)[C@@H](O)[C@H]2O)c1/N=C\NC=O. The van der Waals surface area contributed by atoms with Crippen LogP contribution >= 0.6 is 0 Å². The van der Waals surface area contributed by atoms with Crippen LogP contribution in [0.3, 0.4) is 0 Å². The minimum Gasteiger partial charge on any atom is -0.396 e. The van der Waals surface area contributed by atoms with Crippen LogP contribution < -0.4 is 5.32 Å². The van der Waals surface area contributed by atoms with E-state index in [0.29, 0.717) is 24.3 Å². The van der Waals surface area contributed by atoms with Crippen molar-refractivity contribution in [3.05, 3.63) is 5.69 Å². The normalized spacial score (nSPS) is 30.0. The lowest BCUT2D eigenvalue weighted by molar-refractivity contribution is -0.108. The molecule has 1 heterocycles. The van der Waals surface area contributed by atoms with Crippen LogP contribution in [0.25, 0.3) is 0 Å². The zero-order chi connectivity index (χ0) is 14.7. The molecule has 4 atom stereocenters. The quantitative estimate of drug-likeness (QED) is 0.288. The number of aliphatic imine (C=N–C) groups is 1. The number of amides is 1. The molecule has 0 aliphatic heterocycles. The third-order valence-electron chi connectivity index (χ3n) is 3.48. The van der Waals surface area contributed by atoms with Crippen LogP contribution in [0.2, 0.25) is 0 Å². The van der Waals surface area contributed by atoms with Gasteiger partial charge in [-0.05, 0) is 13.3 Å². The van der Waals surface area contributed by atoms with Crippen molar-refractivity contribution in [1.29, 1.82) is 0 Å². The van der Waals surface area contributed by atoms with Gasteiger partial charge in [-0.25, -0.2) is 9.67 Å². The van der Waals surface area contributed by atoms with Crippen molar-refractivity contribution < 1.29 is 20.1 Å². The number of nitrogens with zero attached hydrogens (tertiary/aromatic N) is 4. The topological polar surface area (TPSA) is 133 Å². The highest BCUT2D eigenvalue weighted by Gasteiger charge is 2.43. The number of aryl methyl sites for hydroxylation is 1. The first-order chi connectivity index (χ1) is 9.60. The minimum absolute atomic E-state index is 0.215. The monoisotopic (exact) mass is 283 g/mol. The van der Waals surface area contributed by atoms with Gasteiger partial charge in [-0.2, -0.15) is 0 Å². The van der Waals surface area contributed by atoms with E-state index < -0.39 is 24.2 Å². The van der Waals surface area contributed by atoms with Crippen molar-refractivity contribution in [3.63, 3.8) is 0 Å². The van der Waals surface area contributed by atoms with Gasteiger partial charge in [0, 0.05) is 12.5 Å². The summed E-state index contributed by atoms with van der Waals surface area (Å²) in [6, 6.07) is -0.522. The fourth-order valence-corrected chi connectivity index (χ4v) is 2.40. The van der Waals surface area contributed by atoms with Crippen LogP contribution in [0.1, 0.15) is 18.2 Å². The van der Waals surface area contributed by atoms with Crippen molar-refractivity contribution in [2.45, 2.75) is 31.6 Å². The third kappa shape index (κ3) is 2.55. The van der Waals surface area contributed by atoms with E-state index in [0.717, 1.165) is 0 Å². The summed E-state index contributed by atoms with van der Waals surface area (Å²) in [6.07, 6.45) is -0.0364. The molecule has 20 heavy (non-hydrogen) atoms. The molecular weight excluding hydrogens is 266 g/mol. The van der Waals surface area contributed by atoms with Gasteiger partial charge in [-0.3, -0.25) is 4.79 Å². The summed E-state index contributed by atoms with van der Waals surface area (Å²) in [5, 5.41) is 39.1. The number of carbonyl (C=O) groups excluding carboxylic acids is 1. The Balaban J connectivity index is 2.27. The Bertz CT molecular complexity index is 503. The Kier molecular flexibility index (Phi) is 4.42.